The fourth-order valence-electron chi connectivity index (χ4n) is 0.578. The van der Waals surface area contributed by atoms with E-state index in [0.717, 1.165) is 5.70 Å². The molecule has 0 fully saturated rings. The molecule has 0 atom stereocenters. The normalized spacial score (nSPS) is 16.3. The summed E-state index contributed by atoms with van der Waals surface area (Å²) in [5, 5.41) is 3.02. The van der Waals surface area contributed by atoms with Crippen molar-refractivity contribution in [3.63, 3.8) is 0 Å². The molecule has 1 rings (SSSR count). The van der Waals surface area contributed by atoms with Gasteiger partial charge in [-0.3, -0.25) is 0 Å². The average Bonchev–Trinajstić information content (AvgIpc) is 2.13. The van der Waals surface area contributed by atoms with Crippen LogP contribution in [0.5, 0.6) is 0 Å². The van der Waals surface area contributed by atoms with Crippen molar-refractivity contribution in [3.8, 4) is 0 Å². The summed E-state index contributed by atoms with van der Waals surface area (Å²) in [6.45, 7) is 0. The zero-order valence-electron chi connectivity index (χ0n) is 4.97. The van der Waals surface area contributed by atoms with E-state index in [9.17, 15) is 0 Å². The number of alkyl halides is 1. The second-order valence-corrected chi connectivity index (χ2v) is 1.98. The fraction of sp³-hybridized carbons (Fsp3) is 0.143. The quantitative estimate of drug-likeness (QED) is 0.549. The van der Waals surface area contributed by atoms with Crippen LogP contribution in [0.3, 0.4) is 0 Å². The topological polar surface area (TPSA) is 12.0 Å². The molecular formula is C7H8ClN. The maximum atomic E-state index is 5.55. The van der Waals surface area contributed by atoms with Crippen molar-refractivity contribution in [2.45, 2.75) is 0 Å². The van der Waals surface area contributed by atoms with Crippen LogP contribution in [-0.4, -0.2) is 5.88 Å². The molecule has 9 heavy (non-hydrogen) atoms. The van der Waals surface area contributed by atoms with Crippen LogP contribution < -0.4 is 5.32 Å². The molecular weight excluding hydrogens is 134 g/mol. The number of hydrogen-bond acceptors (Lipinski definition) is 1. The Bertz CT molecular complexity index is 168. The monoisotopic (exact) mass is 141 g/mol. The predicted octanol–water partition coefficient (Wildman–Crippen LogP) is 1.78. The number of halogens is 1. The Morgan fingerprint density at radius 3 is 3.00 bits per heavy atom. The maximum Gasteiger partial charge on any atom is 0.0625 e. The first-order valence-corrected chi connectivity index (χ1v) is 3.32. The van der Waals surface area contributed by atoms with Gasteiger partial charge in [0.2, 0.25) is 0 Å². The number of allylic oxidation sites excluding steroid dienone is 5. The molecule has 0 aromatic rings. The molecule has 1 heterocycles. The SMILES string of the molecule is ClCC1=CC=CC=CN1. The van der Waals surface area contributed by atoms with Gasteiger partial charge in [-0.05, 0) is 12.2 Å². The summed E-state index contributed by atoms with van der Waals surface area (Å²) >= 11 is 5.55. The molecule has 1 aliphatic rings. The van der Waals surface area contributed by atoms with Gasteiger partial charge in [-0.1, -0.05) is 12.2 Å². The van der Waals surface area contributed by atoms with Crippen molar-refractivity contribution in [1.82, 2.24) is 5.32 Å². The third-order valence-corrected chi connectivity index (χ3v) is 1.32. The smallest absolute Gasteiger partial charge is 0.0625 e. The van der Waals surface area contributed by atoms with Gasteiger partial charge in [-0.2, -0.15) is 0 Å². The summed E-state index contributed by atoms with van der Waals surface area (Å²) in [6, 6.07) is 0. The van der Waals surface area contributed by atoms with E-state index in [2.05, 4.69) is 5.32 Å². The summed E-state index contributed by atoms with van der Waals surface area (Å²) in [5.41, 5.74) is 1.03. The lowest BCUT2D eigenvalue weighted by atomic mass is 10.4. The van der Waals surface area contributed by atoms with Crippen molar-refractivity contribution >= 4 is 11.6 Å². The molecule has 1 N–H and O–H groups in total. The maximum absolute atomic E-state index is 5.55. The molecule has 0 saturated carbocycles. The van der Waals surface area contributed by atoms with E-state index in [4.69, 9.17) is 11.6 Å². The van der Waals surface area contributed by atoms with Crippen LogP contribution >= 0.6 is 11.6 Å². The van der Waals surface area contributed by atoms with Crippen molar-refractivity contribution in [2.24, 2.45) is 0 Å². The van der Waals surface area contributed by atoms with E-state index >= 15 is 0 Å². The summed E-state index contributed by atoms with van der Waals surface area (Å²) < 4.78 is 0. The highest BCUT2D eigenvalue weighted by molar-refractivity contribution is 6.19. The second-order valence-electron chi connectivity index (χ2n) is 1.71. The Hall–Kier alpha value is -0.690. The van der Waals surface area contributed by atoms with Gasteiger partial charge in [0.1, 0.15) is 0 Å². The largest absolute Gasteiger partial charge is 0.364 e. The third kappa shape index (κ3) is 1.94. The lowest BCUT2D eigenvalue weighted by Gasteiger charge is -1.97. The van der Waals surface area contributed by atoms with E-state index in [0.29, 0.717) is 5.88 Å². The Morgan fingerprint density at radius 2 is 2.22 bits per heavy atom. The molecule has 1 aliphatic heterocycles. The molecule has 0 aliphatic carbocycles. The van der Waals surface area contributed by atoms with Crippen molar-refractivity contribution in [2.75, 3.05) is 5.88 Å². The molecule has 48 valence electrons. The molecule has 0 spiro atoms. The van der Waals surface area contributed by atoms with Gasteiger partial charge in [-0.15, -0.1) is 11.6 Å². The van der Waals surface area contributed by atoms with Crippen molar-refractivity contribution in [1.29, 1.82) is 0 Å². The van der Waals surface area contributed by atoms with Gasteiger partial charge in [0, 0.05) is 11.9 Å². The van der Waals surface area contributed by atoms with Crippen LogP contribution in [0.15, 0.2) is 36.2 Å². The Morgan fingerprint density at radius 1 is 1.33 bits per heavy atom. The van der Waals surface area contributed by atoms with Gasteiger partial charge < -0.3 is 5.32 Å². The van der Waals surface area contributed by atoms with Gasteiger partial charge in [-0.25, -0.2) is 0 Å². The predicted molar refractivity (Wildman–Crippen MR) is 40.2 cm³/mol. The van der Waals surface area contributed by atoms with Crippen LogP contribution in [0, 0.1) is 0 Å². The minimum Gasteiger partial charge on any atom is -0.364 e. The molecule has 0 radical (unpaired) electrons. The Labute approximate surface area is 59.7 Å². The van der Waals surface area contributed by atoms with Gasteiger partial charge >= 0.3 is 0 Å². The van der Waals surface area contributed by atoms with E-state index < -0.39 is 0 Å². The lowest BCUT2D eigenvalue weighted by molar-refractivity contribution is 1.07. The summed E-state index contributed by atoms with van der Waals surface area (Å²) in [6.07, 6.45) is 9.64. The van der Waals surface area contributed by atoms with E-state index in [1.165, 1.54) is 0 Å². The van der Waals surface area contributed by atoms with Crippen molar-refractivity contribution in [3.05, 3.63) is 36.2 Å². The fourth-order valence-corrected chi connectivity index (χ4v) is 0.744. The third-order valence-electron chi connectivity index (χ3n) is 1.03. The average molecular weight is 142 g/mol. The highest BCUT2D eigenvalue weighted by Crippen LogP contribution is 1.96. The first-order valence-electron chi connectivity index (χ1n) is 2.78. The van der Waals surface area contributed by atoms with E-state index in [1.807, 2.05) is 30.5 Å². The highest BCUT2D eigenvalue weighted by atomic mass is 35.5. The molecule has 0 saturated heterocycles. The molecule has 0 aromatic heterocycles. The molecule has 0 unspecified atom stereocenters. The van der Waals surface area contributed by atoms with E-state index in [1.54, 1.807) is 0 Å². The molecule has 2 heteroatoms. The minimum absolute atomic E-state index is 0.536. The second kappa shape index (κ2) is 3.36. The standard InChI is InChI=1S/C7H8ClN/c8-6-7-4-2-1-3-5-9-7/h1-5,9H,6H2. The summed E-state index contributed by atoms with van der Waals surface area (Å²) in [5.74, 6) is 0.536. The van der Waals surface area contributed by atoms with Crippen molar-refractivity contribution < 1.29 is 0 Å². The molecule has 0 amide bonds. The highest BCUT2D eigenvalue weighted by Gasteiger charge is 1.88. The van der Waals surface area contributed by atoms with Gasteiger partial charge in [0.25, 0.3) is 0 Å². The van der Waals surface area contributed by atoms with Gasteiger partial charge in [0.05, 0.1) is 5.88 Å². The number of nitrogens with one attached hydrogen (secondary N) is 1. The first kappa shape index (κ1) is 6.43. The molecule has 1 nitrogen and oxygen atoms in total. The van der Waals surface area contributed by atoms with E-state index in [-0.39, 0.29) is 0 Å². The zero-order chi connectivity index (χ0) is 6.53. The van der Waals surface area contributed by atoms with Crippen LogP contribution in [0.1, 0.15) is 0 Å². The van der Waals surface area contributed by atoms with Crippen LogP contribution in [0.4, 0.5) is 0 Å². The van der Waals surface area contributed by atoms with Crippen LogP contribution in [0.2, 0.25) is 0 Å². The Balaban J connectivity index is 2.62. The number of hydrogen-bond donors (Lipinski definition) is 1. The van der Waals surface area contributed by atoms with Crippen LogP contribution in [-0.2, 0) is 0 Å². The molecule has 0 aromatic carbocycles. The first-order chi connectivity index (χ1) is 4.43. The summed E-state index contributed by atoms with van der Waals surface area (Å²) in [4.78, 5) is 0. The summed E-state index contributed by atoms with van der Waals surface area (Å²) in [7, 11) is 0. The molecule has 0 bridgehead atoms. The minimum atomic E-state index is 0.536. The Kier molecular flexibility index (Phi) is 2.40. The lowest BCUT2D eigenvalue weighted by Crippen LogP contribution is -2.04. The van der Waals surface area contributed by atoms with Crippen LogP contribution in [0.25, 0.3) is 0 Å². The zero-order valence-corrected chi connectivity index (χ0v) is 5.73. The van der Waals surface area contributed by atoms with Gasteiger partial charge in [0.15, 0.2) is 0 Å². The number of rotatable bonds is 1.